The second-order valence-corrected chi connectivity index (χ2v) is 19.4. The normalized spacial score (nSPS) is 11.7. The molecular formula is C56H111N2+. The van der Waals surface area contributed by atoms with E-state index in [2.05, 4.69) is 42.3 Å². The molecule has 0 aliphatic heterocycles. The van der Waals surface area contributed by atoms with Crippen LogP contribution in [0, 0.1) is 0 Å². The summed E-state index contributed by atoms with van der Waals surface area (Å²) in [6, 6.07) is 0. The fourth-order valence-electron chi connectivity index (χ4n) is 9.51. The van der Waals surface area contributed by atoms with Gasteiger partial charge in [-0.05, 0) is 32.1 Å². The fourth-order valence-corrected chi connectivity index (χ4v) is 9.51. The van der Waals surface area contributed by atoms with E-state index in [4.69, 9.17) is 0 Å². The molecule has 1 heterocycles. The van der Waals surface area contributed by atoms with Crippen LogP contribution in [0.3, 0.4) is 0 Å². The van der Waals surface area contributed by atoms with Crippen molar-refractivity contribution in [3.05, 3.63) is 18.2 Å². The standard InChI is InChI=1S/C56H111N2/c1-4-7-10-13-16-19-22-25-28-30-32-35-38-41-44-47-50-53-58-55-54-57(52-49-46-43-40-37-34-31-29-26-23-20-17-14-11-8-5-2)56(58)51-48-45-42-39-36-33-27-24-21-18-15-12-9-6-3/h54-55H,4-53H2,1-3H3/q+1. The Morgan fingerprint density at radius 3 is 0.828 bits per heavy atom. The maximum absolute atomic E-state index is 2.67. The molecule has 0 atom stereocenters. The van der Waals surface area contributed by atoms with Crippen molar-refractivity contribution >= 4 is 0 Å². The van der Waals surface area contributed by atoms with E-state index in [1.165, 1.54) is 321 Å². The Hall–Kier alpha value is -0.790. The number of aryl methyl sites for hydroxylation is 2. The van der Waals surface area contributed by atoms with Crippen LogP contribution in [0.4, 0.5) is 0 Å². The van der Waals surface area contributed by atoms with E-state index in [9.17, 15) is 0 Å². The van der Waals surface area contributed by atoms with Gasteiger partial charge in [-0.1, -0.05) is 290 Å². The van der Waals surface area contributed by atoms with Crippen LogP contribution in [-0.4, -0.2) is 4.57 Å². The van der Waals surface area contributed by atoms with Crippen molar-refractivity contribution in [2.24, 2.45) is 0 Å². The summed E-state index contributed by atoms with van der Waals surface area (Å²) in [5.41, 5.74) is 0. The van der Waals surface area contributed by atoms with Crippen LogP contribution < -0.4 is 4.57 Å². The summed E-state index contributed by atoms with van der Waals surface area (Å²) in [5.74, 6) is 1.64. The van der Waals surface area contributed by atoms with Crippen molar-refractivity contribution in [1.29, 1.82) is 0 Å². The molecule has 0 bridgehead atoms. The van der Waals surface area contributed by atoms with Gasteiger partial charge in [-0.2, -0.15) is 0 Å². The minimum absolute atomic E-state index is 1.23. The van der Waals surface area contributed by atoms with Gasteiger partial charge in [0.15, 0.2) is 0 Å². The molecule has 0 radical (unpaired) electrons. The van der Waals surface area contributed by atoms with Gasteiger partial charge in [0.25, 0.3) is 5.82 Å². The molecule has 0 N–H and O–H groups in total. The van der Waals surface area contributed by atoms with Crippen molar-refractivity contribution in [2.75, 3.05) is 0 Å². The lowest BCUT2D eigenvalue weighted by Crippen LogP contribution is -2.37. The number of hydrogen-bond donors (Lipinski definition) is 0. The zero-order chi connectivity index (χ0) is 41.5. The highest BCUT2D eigenvalue weighted by molar-refractivity contribution is 4.84. The number of hydrogen-bond acceptors (Lipinski definition) is 0. The van der Waals surface area contributed by atoms with E-state index in [0.29, 0.717) is 0 Å². The van der Waals surface area contributed by atoms with Crippen molar-refractivity contribution in [2.45, 2.75) is 342 Å². The van der Waals surface area contributed by atoms with Crippen LogP contribution in [0.5, 0.6) is 0 Å². The summed E-state index contributed by atoms with van der Waals surface area (Å²) in [4.78, 5) is 0. The Balaban J connectivity index is 2.24. The monoisotopic (exact) mass is 812 g/mol. The van der Waals surface area contributed by atoms with Crippen LogP contribution >= 0.6 is 0 Å². The smallest absolute Gasteiger partial charge is 0.234 e. The number of imidazole rings is 1. The number of aromatic nitrogens is 2. The molecule has 0 amide bonds. The van der Waals surface area contributed by atoms with Gasteiger partial charge >= 0.3 is 0 Å². The molecule has 0 aliphatic carbocycles. The molecule has 2 heteroatoms. The first-order chi connectivity index (χ1) is 28.8. The second-order valence-electron chi connectivity index (χ2n) is 19.4. The molecule has 0 aromatic carbocycles. The number of nitrogens with zero attached hydrogens (tertiary/aromatic N) is 2. The predicted octanol–water partition coefficient (Wildman–Crippen LogP) is 19.7. The van der Waals surface area contributed by atoms with Crippen molar-refractivity contribution in [1.82, 2.24) is 4.57 Å². The molecule has 0 unspecified atom stereocenters. The Morgan fingerprint density at radius 1 is 0.293 bits per heavy atom. The third kappa shape index (κ3) is 38.2. The molecular weight excluding hydrogens is 701 g/mol. The SMILES string of the molecule is CCCCCCCCCCCCCCCCCCC[n+]1ccn(CCCCCCCCCCCCCCCCCC)c1CCCCCCCCCCCCCCCC. The summed E-state index contributed by atoms with van der Waals surface area (Å²) in [6.45, 7) is 9.42. The average molecular weight is 813 g/mol. The molecule has 58 heavy (non-hydrogen) atoms. The highest BCUT2D eigenvalue weighted by atomic mass is 15.1. The lowest BCUT2D eigenvalue weighted by Gasteiger charge is -2.07. The van der Waals surface area contributed by atoms with Gasteiger partial charge in [-0.3, -0.25) is 0 Å². The summed E-state index contributed by atoms with van der Waals surface area (Å²) in [6.07, 6.45) is 74.3. The topological polar surface area (TPSA) is 8.81 Å². The Morgan fingerprint density at radius 2 is 0.534 bits per heavy atom. The average Bonchev–Trinajstić information content (AvgIpc) is 3.62. The molecule has 1 aromatic heterocycles. The summed E-state index contributed by atoms with van der Waals surface area (Å²) in [7, 11) is 0. The second kappa shape index (κ2) is 47.3. The zero-order valence-corrected chi connectivity index (χ0v) is 40.9. The highest BCUT2D eigenvalue weighted by Gasteiger charge is 2.16. The van der Waals surface area contributed by atoms with E-state index in [-0.39, 0.29) is 0 Å². The maximum atomic E-state index is 2.67. The summed E-state index contributed by atoms with van der Waals surface area (Å²) < 4.78 is 5.33. The van der Waals surface area contributed by atoms with Crippen LogP contribution in [0.25, 0.3) is 0 Å². The van der Waals surface area contributed by atoms with E-state index < -0.39 is 0 Å². The van der Waals surface area contributed by atoms with Gasteiger partial charge in [0.2, 0.25) is 0 Å². The van der Waals surface area contributed by atoms with Crippen LogP contribution in [0.1, 0.15) is 328 Å². The number of unbranched alkanes of at least 4 members (excludes halogenated alkanes) is 44. The molecule has 0 fully saturated rings. The molecule has 0 aliphatic rings. The van der Waals surface area contributed by atoms with Crippen molar-refractivity contribution in [3.63, 3.8) is 0 Å². The van der Waals surface area contributed by atoms with Crippen LogP contribution in [0.2, 0.25) is 0 Å². The highest BCUT2D eigenvalue weighted by Crippen LogP contribution is 2.18. The van der Waals surface area contributed by atoms with Gasteiger partial charge in [0, 0.05) is 6.42 Å². The fraction of sp³-hybridized carbons (Fsp3) is 0.946. The molecule has 344 valence electrons. The minimum atomic E-state index is 1.23. The van der Waals surface area contributed by atoms with Gasteiger partial charge in [0.1, 0.15) is 12.4 Å². The summed E-state index contributed by atoms with van der Waals surface area (Å²) >= 11 is 0. The van der Waals surface area contributed by atoms with Gasteiger partial charge < -0.3 is 0 Å². The Kier molecular flexibility index (Phi) is 45.0. The molecule has 1 rings (SSSR count). The zero-order valence-electron chi connectivity index (χ0n) is 40.9. The predicted molar refractivity (Wildman–Crippen MR) is 262 cm³/mol. The van der Waals surface area contributed by atoms with E-state index in [0.717, 1.165) is 0 Å². The van der Waals surface area contributed by atoms with Gasteiger partial charge in [-0.25, -0.2) is 9.13 Å². The lowest BCUT2D eigenvalue weighted by atomic mass is 10.0. The lowest BCUT2D eigenvalue weighted by molar-refractivity contribution is -0.704. The molecule has 0 saturated heterocycles. The van der Waals surface area contributed by atoms with Crippen molar-refractivity contribution < 1.29 is 4.57 Å². The Bertz CT molecular complexity index is 887. The van der Waals surface area contributed by atoms with E-state index in [1.807, 2.05) is 0 Å². The number of rotatable bonds is 50. The molecule has 2 nitrogen and oxygen atoms in total. The third-order valence-electron chi connectivity index (χ3n) is 13.6. The molecule has 0 saturated carbocycles. The molecule has 1 aromatic rings. The minimum Gasteiger partial charge on any atom is -0.234 e. The third-order valence-corrected chi connectivity index (χ3v) is 13.6. The summed E-state index contributed by atoms with van der Waals surface area (Å²) in [5, 5.41) is 0. The van der Waals surface area contributed by atoms with Crippen LogP contribution in [0.15, 0.2) is 12.4 Å². The van der Waals surface area contributed by atoms with E-state index in [1.54, 1.807) is 5.82 Å². The first kappa shape index (κ1) is 55.2. The van der Waals surface area contributed by atoms with Crippen molar-refractivity contribution in [3.8, 4) is 0 Å². The maximum Gasteiger partial charge on any atom is 0.256 e. The quantitative estimate of drug-likeness (QED) is 0.0458. The molecule has 0 spiro atoms. The Labute approximate surface area is 368 Å². The van der Waals surface area contributed by atoms with E-state index >= 15 is 0 Å². The first-order valence-electron chi connectivity index (χ1n) is 27.9. The first-order valence-corrected chi connectivity index (χ1v) is 27.9. The largest absolute Gasteiger partial charge is 0.256 e. The van der Waals surface area contributed by atoms with Gasteiger partial charge in [-0.15, -0.1) is 0 Å². The van der Waals surface area contributed by atoms with Crippen LogP contribution in [-0.2, 0) is 19.5 Å². The van der Waals surface area contributed by atoms with Gasteiger partial charge in [0.05, 0.1) is 13.1 Å².